The Morgan fingerprint density at radius 3 is 2.67 bits per heavy atom. The molecule has 2 aromatic rings. The van der Waals surface area contributed by atoms with Crippen molar-refractivity contribution in [2.24, 2.45) is 5.92 Å². The highest BCUT2D eigenvalue weighted by Crippen LogP contribution is 2.33. The van der Waals surface area contributed by atoms with Crippen molar-refractivity contribution in [3.8, 4) is 11.4 Å². The zero-order chi connectivity index (χ0) is 14.8. The topological polar surface area (TPSA) is 34.5 Å². The van der Waals surface area contributed by atoms with Crippen LogP contribution >= 0.6 is 11.6 Å². The van der Waals surface area contributed by atoms with Crippen LogP contribution in [0.15, 0.2) is 42.7 Å². The molecule has 1 amide bonds. The van der Waals surface area contributed by atoms with Gasteiger partial charge in [-0.3, -0.25) is 4.79 Å². The van der Waals surface area contributed by atoms with Gasteiger partial charge in [0.05, 0.1) is 18.5 Å². The number of carbonyl (C=O) groups excluding carboxylic acids is 1. The molecule has 0 saturated carbocycles. The van der Waals surface area contributed by atoms with E-state index < -0.39 is 0 Å². The highest BCUT2D eigenvalue weighted by Gasteiger charge is 2.31. The van der Waals surface area contributed by atoms with Gasteiger partial charge in [0, 0.05) is 37.3 Å². The van der Waals surface area contributed by atoms with Crippen LogP contribution in [0, 0.1) is 5.92 Å². The molecular weight excluding hydrogens is 288 g/mol. The van der Waals surface area contributed by atoms with Gasteiger partial charge >= 0.3 is 0 Å². The van der Waals surface area contributed by atoms with Gasteiger partial charge in [-0.1, -0.05) is 0 Å². The molecule has 2 heterocycles. The number of carbonyl (C=O) groups is 1. The Labute approximate surface area is 128 Å². The third-order valence-electron chi connectivity index (χ3n) is 3.78. The van der Waals surface area contributed by atoms with Gasteiger partial charge in [-0.15, -0.1) is 11.6 Å². The van der Waals surface area contributed by atoms with Crippen LogP contribution in [0.2, 0.25) is 0 Å². The van der Waals surface area contributed by atoms with Crippen LogP contribution < -0.4 is 9.64 Å². The van der Waals surface area contributed by atoms with Crippen molar-refractivity contribution in [2.45, 2.75) is 6.42 Å². The van der Waals surface area contributed by atoms with Crippen molar-refractivity contribution in [1.82, 2.24) is 4.57 Å². The van der Waals surface area contributed by atoms with Gasteiger partial charge in [0.25, 0.3) is 0 Å². The Morgan fingerprint density at radius 2 is 2.05 bits per heavy atom. The molecule has 1 aliphatic heterocycles. The second kappa shape index (κ2) is 5.82. The highest BCUT2D eigenvalue weighted by molar-refractivity contribution is 6.18. The fraction of sp³-hybridized carbons (Fsp3) is 0.312. The van der Waals surface area contributed by atoms with Gasteiger partial charge in [-0.25, -0.2) is 0 Å². The van der Waals surface area contributed by atoms with Gasteiger partial charge in [-0.2, -0.15) is 0 Å². The highest BCUT2D eigenvalue weighted by atomic mass is 35.5. The molecule has 1 unspecified atom stereocenters. The maximum atomic E-state index is 12.3. The lowest BCUT2D eigenvalue weighted by Crippen LogP contribution is -2.26. The van der Waals surface area contributed by atoms with Crippen molar-refractivity contribution >= 4 is 23.2 Å². The Bertz CT molecular complexity index is 640. The predicted molar refractivity (Wildman–Crippen MR) is 83.5 cm³/mol. The van der Waals surface area contributed by atoms with Crippen LogP contribution in [0.3, 0.4) is 0 Å². The van der Waals surface area contributed by atoms with Crippen molar-refractivity contribution in [2.75, 3.05) is 24.4 Å². The molecule has 21 heavy (non-hydrogen) atoms. The summed E-state index contributed by atoms with van der Waals surface area (Å²) >= 11 is 5.92. The van der Waals surface area contributed by atoms with Gasteiger partial charge in [0.15, 0.2) is 0 Å². The number of methoxy groups -OCH3 is 1. The maximum Gasteiger partial charge on any atom is 0.227 e. The van der Waals surface area contributed by atoms with E-state index in [0.29, 0.717) is 18.8 Å². The number of amides is 1. The number of nitrogens with zero attached hydrogens (tertiary/aromatic N) is 2. The smallest absolute Gasteiger partial charge is 0.227 e. The second-order valence-electron chi connectivity index (χ2n) is 5.17. The summed E-state index contributed by atoms with van der Waals surface area (Å²) in [7, 11) is 1.63. The average Bonchev–Trinajstić information content (AvgIpc) is 3.16. The number of benzene rings is 1. The molecule has 4 nitrogen and oxygen atoms in total. The van der Waals surface area contributed by atoms with E-state index in [9.17, 15) is 4.79 Å². The molecule has 0 bridgehead atoms. The van der Waals surface area contributed by atoms with Crippen LogP contribution in [-0.2, 0) is 4.79 Å². The SMILES string of the molecule is COc1ccc(-n2cccc2)c(N2CC(CCl)CC2=O)c1. The van der Waals surface area contributed by atoms with Crippen LogP contribution in [-0.4, -0.2) is 30.0 Å². The quantitative estimate of drug-likeness (QED) is 0.814. The molecule has 0 aliphatic carbocycles. The fourth-order valence-corrected chi connectivity index (χ4v) is 2.88. The summed E-state index contributed by atoms with van der Waals surface area (Å²) < 4.78 is 7.30. The minimum absolute atomic E-state index is 0.113. The first-order valence-electron chi connectivity index (χ1n) is 6.90. The summed E-state index contributed by atoms with van der Waals surface area (Å²) in [5, 5.41) is 0. The number of aromatic nitrogens is 1. The zero-order valence-electron chi connectivity index (χ0n) is 11.8. The number of alkyl halides is 1. The van der Waals surface area contributed by atoms with Crippen LogP contribution in [0.5, 0.6) is 5.75 Å². The van der Waals surface area contributed by atoms with E-state index in [0.717, 1.165) is 17.1 Å². The van der Waals surface area contributed by atoms with Crippen LogP contribution in [0.4, 0.5) is 5.69 Å². The molecule has 0 N–H and O–H groups in total. The molecule has 0 spiro atoms. The van der Waals surface area contributed by atoms with E-state index in [1.165, 1.54) is 0 Å². The molecule has 110 valence electrons. The van der Waals surface area contributed by atoms with E-state index in [4.69, 9.17) is 16.3 Å². The van der Waals surface area contributed by atoms with Gasteiger partial charge in [0.2, 0.25) is 5.91 Å². The van der Waals surface area contributed by atoms with Crippen LogP contribution in [0.1, 0.15) is 6.42 Å². The Morgan fingerprint density at radius 1 is 1.29 bits per heavy atom. The molecule has 1 aromatic carbocycles. The summed E-state index contributed by atoms with van der Waals surface area (Å²) in [5.41, 5.74) is 1.83. The Hall–Kier alpha value is -1.94. The molecule has 0 radical (unpaired) electrons. The first-order chi connectivity index (χ1) is 10.2. The van der Waals surface area contributed by atoms with Gasteiger partial charge in [0.1, 0.15) is 5.75 Å². The van der Waals surface area contributed by atoms with Crippen molar-refractivity contribution < 1.29 is 9.53 Å². The predicted octanol–water partition coefficient (Wildman–Crippen LogP) is 3.08. The number of hydrogen-bond acceptors (Lipinski definition) is 2. The number of ether oxygens (including phenoxy) is 1. The largest absolute Gasteiger partial charge is 0.497 e. The third kappa shape index (κ3) is 2.63. The van der Waals surface area contributed by atoms with Gasteiger partial charge < -0.3 is 14.2 Å². The number of rotatable bonds is 4. The molecule has 1 atom stereocenters. The zero-order valence-corrected chi connectivity index (χ0v) is 12.6. The van der Waals surface area contributed by atoms with Crippen molar-refractivity contribution in [3.63, 3.8) is 0 Å². The van der Waals surface area contributed by atoms with Crippen molar-refractivity contribution in [1.29, 1.82) is 0 Å². The van der Waals surface area contributed by atoms with Crippen molar-refractivity contribution in [3.05, 3.63) is 42.7 Å². The minimum Gasteiger partial charge on any atom is -0.497 e. The van der Waals surface area contributed by atoms with E-state index >= 15 is 0 Å². The van der Waals surface area contributed by atoms with E-state index in [1.54, 1.807) is 7.11 Å². The first kappa shape index (κ1) is 14.0. The molecule has 5 heteroatoms. The standard InChI is InChI=1S/C16H17ClN2O2/c1-21-13-4-5-14(18-6-2-3-7-18)15(9-13)19-11-12(10-17)8-16(19)20/h2-7,9,12H,8,10-11H2,1H3. The van der Waals surface area contributed by atoms with E-state index in [1.807, 2.05) is 52.2 Å². The second-order valence-corrected chi connectivity index (χ2v) is 5.48. The normalized spacial score (nSPS) is 18.3. The summed E-state index contributed by atoms with van der Waals surface area (Å²) in [5.74, 6) is 1.57. The molecule has 1 fully saturated rings. The monoisotopic (exact) mass is 304 g/mol. The molecule has 1 saturated heterocycles. The number of anilines is 1. The summed E-state index contributed by atoms with van der Waals surface area (Å²) in [4.78, 5) is 14.1. The fourth-order valence-electron chi connectivity index (χ4n) is 2.68. The molecule has 3 rings (SSSR count). The van der Waals surface area contributed by atoms with Crippen LogP contribution in [0.25, 0.3) is 5.69 Å². The molecular formula is C16H17ClN2O2. The first-order valence-corrected chi connectivity index (χ1v) is 7.44. The Balaban J connectivity index is 2.05. The average molecular weight is 305 g/mol. The van der Waals surface area contributed by atoms with E-state index in [-0.39, 0.29) is 11.8 Å². The van der Waals surface area contributed by atoms with E-state index in [2.05, 4.69) is 0 Å². The summed E-state index contributed by atoms with van der Waals surface area (Å²) in [6.45, 7) is 0.657. The Kier molecular flexibility index (Phi) is 3.88. The molecule has 1 aromatic heterocycles. The molecule has 1 aliphatic rings. The minimum atomic E-state index is 0.113. The summed E-state index contributed by atoms with van der Waals surface area (Å²) in [6, 6.07) is 9.69. The number of halogens is 1. The lowest BCUT2D eigenvalue weighted by Gasteiger charge is -2.21. The summed E-state index contributed by atoms with van der Waals surface area (Å²) in [6.07, 6.45) is 4.43. The number of hydrogen-bond donors (Lipinski definition) is 0. The lowest BCUT2D eigenvalue weighted by molar-refractivity contribution is -0.117. The lowest BCUT2D eigenvalue weighted by atomic mass is 10.1. The van der Waals surface area contributed by atoms with Gasteiger partial charge in [-0.05, 0) is 30.2 Å². The third-order valence-corrected chi connectivity index (χ3v) is 4.22. The maximum absolute atomic E-state index is 12.3.